The van der Waals surface area contributed by atoms with Crippen LogP contribution < -0.4 is 10.1 Å². The summed E-state index contributed by atoms with van der Waals surface area (Å²) in [5.41, 5.74) is 4.04. The zero-order valence-electron chi connectivity index (χ0n) is 17.2. The second-order valence-corrected chi connectivity index (χ2v) is 7.57. The van der Waals surface area contributed by atoms with Crippen LogP contribution in [-0.4, -0.2) is 22.2 Å². The predicted molar refractivity (Wildman–Crippen MR) is 113 cm³/mol. The number of aromatic nitrogens is 2. The first-order valence-electron chi connectivity index (χ1n) is 9.61. The Hall–Kier alpha value is -2.73. The summed E-state index contributed by atoms with van der Waals surface area (Å²) in [5, 5.41) is 7.94. The van der Waals surface area contributed by atoms with Gasteiger partial charge in [-0.25, -0.2) is 0 Å². The number of furan rings is 1. The van der Waals surface area contributed by atoms with Crippen LogP contribution in [0.4, 0.5) is 0 Å². The number of amides is 1. The molecule has 0 aliphatic heterocycles. The fourth-order valence-electron chi connectivity index (χ4n) is 3.16. The van der Waals surface area contributed by atoms with Crippen LogP contribution in [0.3, 0.4) is 0 Å². The molecule has 154 valence electrons. The SMILES string of the molecule is Cc1cc(C)cc(OCc2ccc(C(=O)NCCCn3nc(C)c(Cl)c3C)o2)c1. The van der Waals surface area contributed by atoms with Crippen molar-refractivity contribution in [1.82, 2.24) is 15.1 Å². The molecule has 3 rings (SSSR count). The van der Waals surface area contributed by atoms with Gasteiger partial charge in [0.15, 0.2) is 5.76 Å². The molecule has 0 fully saturated rings. The van der Waals surface area contributed by atoms with Crippen LogP contribution in [-0.2, 0) is 13.2 Å². The smallest absolute Gasteiger partial charge is 0.286 e. The molecule has 1 amide bonds. The third-order valence-corrected chi connectivity index (χ3v) is 5.13. The summed E-state index contributed by atoms with van der Waals surface area (Å²) < 4.78 is 13.2. The van der Waals surface area contributed by atoms with Gasteiger partial charge in [-0.2, -0.15) is 5.10 Å². The molecule has 0 atom stereocenters. The summed E-state index contributed by atoms with van der Waals surface area (Å²) >= 11 is 6.15. The molecule has 6 nitrogen and oxygen atoms in total. The number of ether oxygens (including phenoxy) is 1. The Kier molecular flexibility index (Phi) is 6.64. The number of halogens is 1. The highest BCUT2D eigenvalue weighted by molar-refractivity contribution is 6.31. The summed E-state index contributed by atoms with van der Waals surface area (Å²) in [4.78, 5) is 12.3. The summed E-state index contributed by atoms with van der Waals surface area (Å²) in [6.07, 6.45) is 0.743. The van der Waals surface area contributed by atoms with Crippen LogP contribution in [0.15, 0.2) is 34.7 Å². The maximum absolute atomic E-state index is 12.3. The number of benzene rings is 1. The summed E-state index contributed by atoms with van der Waals surface area (Å²) in [6, 6.07) is 9.45. The van der Waals surface area contributed by atoms with Gasteiger partial charge in [0.2, 0.25) is 0 Å². The highest BCUT2D eigenvalue weighted by Gasteiger charge is 2.12. The molecule has 1 aromatic carbocycles. The molecule has 0 aliphatic carbocycles. The van der Waals surface area contributed by atoms with Crippen LogP contribution in [0.5, 0.6) is 5.75 Å². The van der Waals surface area contributed by atoms with Gasteiger partial charge < -0.3 is 14.5 Å². The van der Waals surface area contributed by atoms with Crippen molar-refractivity contribution in [3.05, 3.63) is 69.4 Å². The monoisotopic (exact) mass is 415 g/mol. The van der Waals surface area contributed by atoms with E-state index in [1.807, 2.05) is 44.5 Å². The molecule has 29 heavy (non-hydrogen) atoms. The number of aryl methyl sites for hydroxylation is 4. The van der Waals surface area contributed by atoms with Crippen molar-refractivity contribution in [3.63, 3.8) is 0 Å². The van der Waals surface area contributed by atoms with Gasteiger partial charge in [-0.15, -0.1) is 0 Å². The van der Waals surface area contributed by atoms with Crippen LogP contribution in [0.25, 0.3) is 0 Å². The lowest BCUT2D eigenvalue weighted by Crippen LogP contribution is -2.25. The van der Waals surface area contributed by atoms with Crippen molar-refractivity contribution < 1.29 is 13.9 Å². The van der Waals surface area contributed by atoms with E-state index in [1.54, 1.807) is 12.1 Å². The number of hydrogen-bond donors (Lipinski definition) is 1. The van der Waals surface area contributed by atoms with Gasteiger partial charge in [0, 0.05) is 13.1 Å². The van der Waals surface area contributed by atoms with Crippen LogP contribution in [0.2, 0.25) is 5.02 Å². The van der Waals surface area contributed by atoms with E-state index < -0.39 is 0 Å². The van der Waals surface area contributed by atoms with E-state index in [9.17, 15) is 4.79 Å². The van der Waals surface area contributed by atoms with E-state index in [1.165, 1.54) is 0 Å². The lowest BCUT2D eigenvalue weighted by Gasteiger charge is -2.07. The molecule has 1 N–H and O–H groups in total. The molecule has 3 aromatic rings. The minimum absolute atomic E-state index is 0.242. The van der Waals surface area contributed by atoms with Crippen molar-refractivity contribution in [3.8, 4) is 5.75 Å². The Balaban J connectivity index is 1.45. The van der Waals surface area contributed by atoms with E-state index in [2.05, 4.69) is 16.5 Å². The zero-order chi connectivity index (χ0) is 21.0. The number of carbonyl (C=O) groups excluding carboxylic acids is 1. The van der Waals surface area contributed by atoms with Crippen LogP contribution >= 0.6 is 11.6 Å². The van der Waals surface area contributed by atoms with Crippen molar-refractivity contribution in [2.24, 2.45) is 0 Å². The fraction of sp³-hybridized carbons (Fsp3) is 0.364. The normalized spacial score (nSPS) is 10.9. The van der Waals surface area contributed by atoms with E-state index in [4.69, 9.17) is 20.8 Å². The first kappa shape index (κ1) is 21.0. The molecule has 0 unspecified atom stereocenters. The highest BCUT2D eigenvalue weighted by atomic mass is 35.5. The van der Waals surface area contributed by atoms with Gasteiger partial charge in [-0.1, -0.05) is 17.7 Å². The lowest BCUT2D eigenvalue weighted by molar-refractivity contribution is 0.0921. The second-order valence-electron chi connectivity index (χ2n) is 7.20. The zero-order valence-corrected chi connectivity index (χ0v) is 18.0. The topological polar surface area (TPSA) is 69.3 Å². The Labute approximate surface area is 175 Å². The lowest BCUT2D eigenvalue weighted by atomic mass is 10.1. The van der Waals surface area contributed by atoms with Gasteiger partial charge in [-0.05, 0) is 69.5 Å². The molecule has 0 aliphatic rings. The predicted octanol–water partition coefficient (Wildman–Crippen LogP) is 4.76. The Morgan fingerprint density at radius 1 is 1.17 bits per heavy atom. The summed E-state index contributed by atoms with van der Waals surface area (Å²) in [5.74, 6) is 1.42. The van der Waals surface area contributed by atoms with Gasteiger partial charge >= 0.3 is 0 Å². The van der Waals surface area contributed by atoms with Crippen LogP contribution in [0, 0.1) is 27.7 Å². The third kappa shape index (κ3) is 5.41. The molecule has 0 radical (unpaired) electrons. The molecule has 2 aromatic heterocycles. The van der Waals surface area contributed by atoms with Gasteiger partial charge in [0.05, 0.1) is 16.4 Å². The van der Waals surface area contributed by atoms with Crippen molar-refractivity contribution in [1.29, 1.82) is 0 Å². The van der Waals surface area contributed by atoms with Gasteiger partial charge in [-0.3, -0.25) is 9.48 Å². The molecule has 0 saturated carbocycles. The van der Waals surface area contributed by atoms with Crippen molar-refractivity contribution in [2.45, 2.75) is 47.3 Å². The largest absolute Gasteiger partial charge is 0.486 e. The molecule has 0 bridgehead atoms. The number of rotatable bonds is 8. The first-order valence-corrected chi connectivity index (χ1v) is 9.99. The first-order chi connectivity index (χ1) is 13.8. The number of nitrogens with one attached hydrogen (secondary N) is 1. The van der Waals surface area contributed by atoms with E-state index in [0.29, 0.717) is 23.9 Å². The number of carbonyl (C=O) groups is 1. The summed E-state index contributed by atoms with van der Waals surface area (Å²) in [6.45, 7) is 9.35. The quantitative estimate of drug-likeness (QED) is 0.538. The molecule has 2 heterocycles. The Morgan fingerprint density at radius 3 is 2.55 bits per heavy atom. The fourth-order valence-corrected chi connectivity index (χ4v) is 3.29. The average molecular weight is 416 g/mol. The van der Waals surface area contributed by atoms with Gasteiger partial charge in [0.25, 0.3) is 5.91 Å². The Morgan fingerprint density at radius 2 is 1.90 bits per heavy atom. The number of hydrogen-bond acceptors (Lipinski definition) is 4. The molecular formula is C22H26ClN3O3. The minimum atomic E-state index is -0.242. The maximum Gasteiger partial charge on any atom is 0.286 e. The summed E-state index contributed by atoms with van der Waals surface area (Å²) in [7, 11) is 0. The number of nitrogens with zero attached hydrogens (tertiary/aromatic N) is 2. The molecule has 7 heteroatoms. The van der Waals surface area contributed by atoms with E-state index in [-0.39, 0.29) is 18.3 Å². The second kappa shape index (κ2) is 9.18. The minimum Gasteiger partial charge on any atom is -0.486 e. The highest BCUT2D eigenvalue weighted by Crippen LogP contribution is 2.19. The van der Waals surface area contributed by atoms with Gasteiger partial charge in [0.1, 0.15) is 18.1 Å². The molecule has 0 spiro atoms. The van der Waals surface area contributed by atoms with E-state index in [0.717, 1.165) is 34.7 Å². The van der Waals surface area contributed by atoms with E-state index >= 15 is 0 Å². The third-order valence-electron chi connectivity index (χ3n) is 4.59. The van der Waals surface area contributed by atoms with Crippen molar-refractivity contribution >= 4 is 17.5 Å². The Bertz CT molecular complexity index is 987. The van der Waals surface area contributed by atoms with Crippen molar-refractivity contribution in [2.75, 3.05) is 6.54 Å². The molecule has 0 saturated heterocycles. The maximum atomic E-state index is 12.3. The average Bonchev–Trinajstić information content (AvgIpc) is 3.24. The van der Waals surface area contributed by atoms with Crippen LogP contribution in [0.1, 0.15) is 45.3 Å². The standard InChI is InChI=1S/C22H26ClN3O3/c1-14-10-15(2)12-19(11-14)28-13-18-6-7-20(29-18)22(27)24-8-5-9-26-17(4)21(23)16(3)25-26/h6-7,10-12H,5,8-9,13H2,1-4H3,(H,24,27). The molecular weight excluding hydrogens is 390 g/mol.